The van der Waals surface area contributed by atoms with Gasteiger partial charge in [0.25, 0.3) is 0 Å². The van der Waals surface area contributed by atoms with E-state index in [-0.39, 0.29) is 18.4 Å². The van der Waals surface area contributed by atoms with Gasteiger partial charge in [-0.05, 0) is 26.7 Å². The van der Waals surface area contributed by atoms with E-state index in [1.54, 1.807) is 11.8 Å². The normalized spacial score (nSPS) is 16.9. The number of carboxylic acid groups (broad SMARTS) is 1. The molecule has 0 aromatic rings. The third kappa shape index (κ3) is 4.18. The Morgan fingerprint density at radius 2 is 2.12 bits per heavy atom. The highest BCUT2D eigenvalue weighted by Crippen LogP contribution is 2.18. The van der Waals surface area contributed by atoms with Crippen LogP contribution in [0.4, 0.5) is 0 Å². The first-order chi connectivity index (χ1) is 7.54. The Hall–Kier alpha value is -1.10. The average Bonchev–Trinajstić information content (AvgIpc) is 2.97. The zero-order chi connectivity index (χ0) is 12.1. The minimum absolute atomic E-state index is 0.00298. The molecule has 0 radical (unpaired) electrons. The molecule has 5 heteroatoms. The first kappa shape index (κ1) is 13.0. The fraction of sp³-hybridized carbons (Fsp3) is 0.818. The molecule has 1 rings (SSSR count). The summed E-state index contributed by atoms with van der Waals surface area (Å²) in [7, 11) is 0. The Kier molecular flexibility index (Phi) is 4.73. The Balaban J connectivity index is 2.37. The molecule has 1 unspecified atom stereocenters. The Morgan fingerprint density at radius 3 is 2.56 bits per heavy atom. The summed E-state index contributed by atoms with van der Waals surface area (Å²) in [6, 6.07) is 0.258. The van der Waals surface area contributed by atoms with E-state index in [0.29, 0.717) is 19.1 Å². The lowest BCUT2D eigenvalue weighted by Gasteiger charge is -2.27. The molecule has 0 heterocycles. The third-order valence-electron chi connectivity index (χ3n) is 2.78. The van der Waals surface area contributed by atoms with Gasteiger partial charge in [0.05, 0.1) is 13.0 Å². The van der Waals surface area contributed by atoms with E-state index >= 15 is 0 Å². The number of nitrogens with zero attached hydrogens (tertiary/aromatic N) is 1. The molecule has 1 aliphatic carbocycles. The van der Waals surface area contributed by atoms with E-state index in [4.69, 9.17) is 5.11 Å². The van der Waals surface area contributed by atoms with Crippen LogP contribution in [0.25, 0.3) is 0 Å². The van der Waals surface area contributed by atoms with E-state index in [9.17, 15) is 9.59 Å². The molecule has 1 fully saturated rings. The lowest BCUT2D eigenvalue weighted by molar-refractivity contribution is -0.140. The van der Waals surface area contributed by atoms with E-state index in [2.05, 4.69) is 5.32 Å². The molecule has 1 aliphatic rings. The number of carbonyl (C=O) groups excluding carboxylic acids is 1. The summed E-state index contributed by atoms with van der Waals surface area (Å²) in [6.45, 7) is 4.52. The Labute approximate surface area is 95.8 Å². The van der Waals surface area contributed by atoms with Gasteiger partial charge in [-0.15, -0.1) is 0 Å². The topological polar surface area (TPSA) is 69.6 Å². The summed E-state index contributed by atoms with van der Waals surface area (Å²) in [5.74, 6) is -0.878. The van der Waals surface area contributed by atoms with Crippen LogP contribution in [0.15, 0.2) is 0 Å². The number of likely N-dealkylation sites (N-methyl/N-ethyl adjacent to an activating group) is 1. The van der Waals surface area contributed by atoms with Crippen molar-refractivity contribution in [2.75, 3.05) is 13.1 Å². The molecule has 0 spiro atoms. The number of rotatable bonds is 7. The molecule has 2 N–H and O–H groups in total. The molecule has 0 bridgehead atoms. The van der Waals surface area contributed by atoms with Crippen molar-refractivity contribution in [2.24, 2.45) is 0 Å². The van der Waals surface area contributed by atoms with Gasteiger partial charge in [-0.1, -0.05) is 0 Å². The van der Waals surface area contributed by atoms with Crippen molar-refractivity contribution >= 4 is 11.9 Å². The van der Waals surface area contributed by atoms with Crippen LogP contribution in [0, 0.1) is 0 Å². The maximum atomic E-state index is 11.8. The molecule has 1 amide bonds. The third-order valence-corrected chi connectivity index (χ3v) is 2.78. The minimum Gasteiger partial charge on any atom is -0.481 e. The minimum atomic E-state index is -0.867. The number of carbonyl (C=O) groups is 2. The first-order valence-electron chi connectivity index (χ1n) is 5.79. The fourth-order valence-electron chi connectivity index (χ4n) is 1.72. The molecule has 5 nitrogen and oxygen atoms in total. The number of amides is 1. The van der Waals surface area contributed by atoms with E-state index < -0.39 is 5.97 Å². The molecule has 16 heavy (non-hydrogen) atoms. The zero-order valence-electron chi connectivity index (χ0n) is 9.90. The highest BCUT2D eigenvalue weighted by molar-refractivity contribution is 5.79. The monoisotopic (exact) mass is 228 g/mol. The summed E-state index contributed by atoms with van der Waals surface area (Å²) in [5, 5.41) is 11.8. The maximum Gasteiger partial charge on any atom is 0.305 e. The van der Waals surface area contributed by atoms with Gasteiger partial charge in [-0.25, -0.2) is 0 Å². The fourth-order valence-corrected chi connectivity index (χ4v) is 1.72. The number of nitrogens with one attached hydrogen (secondary N) is 1. The second kappa shape index (κ2) is 5.84. The molecule has 92 valence electrons. The largest absolute Gasteiger partial charge is 0.481 e. The molecule has 1 atom stereocenters. The van der Waals surface area contributed by atoms with Gasteiger partial charge in [0.2, 0.25) is 5.91 Å². The van der Waals surface area contributed by atoms with Crippen molar-refractivity contribution in [3.05, 3.63) is 0 Å². The smallest absolute Gasteiger partial charge is 0.305 e. The highest BCUT2D eigenvalue weighted by Gasteiger charge is 2.24. The van der Waals surface area contributed by atoms with Crippen LogP contribution in [-0.4, -0.2) is 47.1 Å². The standard InChI is InChI=1S/C11H20N2O3/c1-3-13(8(2)6-11(15)16)10(14)7-12-9-4-5-9/h8-9,12H,3-7H2,1-2H3,(H,15,16). The summed E-state index contributed by atoms with van der Waals surface area (Å²) >= 11 is 0. The summed E-state index contributed by atoms with van der Waals surface area (Å²) < 4.78 is 0. The van der Waals surface area contributed by atoms with Crippen LogP contribution in [-0.2, 0) is 9.59 Å². The van der Waals surface area contributed by atoms with Gasteiger partial charge in [0.1, 0.15) is 0 Å². The molecule has 0 aromatic carbocycles. The van der Waals surface area contributed by atoms with E-state index in [1.807, 2.05) is 6.92 Å². The van der Waals surface area contributed by atoms with Gasteiger partial charge < -0.3 is 15.3 Å². The van der Waals surface area contributed by atoms with Crippen LogP contribution in [0.2, 0.25) is 0 Å². The van der Waals surface area contributed by atoms with Crippen LogP contribution in [0.5, 0.6) is 0 Å². The molecular weight excluding hydrogens is 208 g/mol. The van der Waals surface area contributed by atoms with Gasteiger partial charge in [-0.3, -0.25) is 9.59 Å². The lowest BCUT2D eigenvalue weighted by atomic mass is 10.2. The quantitative estimate of drug-likeness (QED) is 0.664. The van der Waals surface area contributed by atoms with E-state index in [1.165, 1.54) is 0 Å². The predicted octanol–water partition coefficient (Wildman–Crippen LogP) is 0.450. The maximum absolute atomic E-state index is 11.8. The van der Waals surface area contributed by atoms with Gasteiger partial charge in [0.15, 0.2) is 0 Å². The highest BCUT2D eigenvalue weighted by atomic mass is 16.4. The number of hydrogen-bond donors (Lipinski definition) is 2. The van der Waals surface area contributed by atoms with Crippen LogP contribution >= 0.6 is 0 Å². The molecule has 0 aromatic heterocycles. The second-order valence-corrected chi connectivity index (χ2v) is 4.28. The van der Waals surface area contributed by atoms with Gasteiger partial charge in [-0.2, -0.15) is 0 Å². The van der Waals surface area contributed by atoms with Crippen LogP contribution in [0.3, 0.4) is 0 Å². The second-order valence-electron chi connectivity index (χ2n) is 4.28. The SMILES string of the molecule is CCN(C(=O)CNC1CC1)C(C)CC(=O)O. The van der Waals surface area contributed by atoms with Gasteiger partial charge in [0, 0.05) is 18.6 Å². The van der Waals surface area contributed by atoms with Crippen molar-refractivity contribution in [2.45, 2.75) is 45.2 Å². The molecule has 0 aliphatic heterocycles. The van der Waals surface area contributed by atoms with Crippen molar-refractivity contribution < 1.29 is 14.7 Å². The summed E-state index contributed by atoms with van der Waals surface area (Å²) in [5.41, 5.74) is 0. The number of carboxylic acids is 1. The Morgan fingerprint density at radius 1 is 1.50 bits per heavy atom. The van der Waals surface area contributed by atoms with Crippen LogP contribution in [0.1, 0.15) is 33.1 Å². The van der Waals surface area contributed by atoms with Gasteiger partial charge >= 0.3 is 5.97 Å². The van der Waals surface area contributed by atoms with Crippen LogP contribution < -0.4 is 5.32 Å². The Bertz CT molecular complexity index is 264. The van der Waals surface area contributed by atoms with Crippen molar-refractivity contribution in [3.63, 3.8) is 0 Å². The summed E-state index contributed by atoms with van der Waals surface area (Å²) in [4.78, 5) is 24.0. The molecule has 1 saturated carbocycles. The molecular formula is C11H20N2O3. The molecule has 0 saturated heterocycles. The lowest BCUT2D eigenvalue weighted by Crippen LogP contribution is -2.44. The van der Waals surface area contributed by atoms with Crippen molar-refractivity contribution in [3.8, 4) is 0 Å². The first-order valence-corrected chi connectivity index (χ1v) is 5.79. The van der Waals surface area contributed by atoms with Crippen molar-refractivity contribution in [1.29, 1.82) is 0 Å². The number of hydrogen-bond acceptors (Lipinski definition) is 3. The summed E-state index contributed by atoms with van der Waals surface area (Å²) in [6.07, 6.45) is 2.29. The predicted molar refractivity (Wildman–Crippen MR) is 60.1 cm³/mol. The van der Waals surface area contributed by atoms with Crippen molar-refractivity contribution in [1.82, 2.24) is 10.2 Å². The van der Waals surface area contributed by atoms with E-state index in [0.717, 1.165) is 12.8 Å². The zero-order valence-corrected chi connectivity index (χ0v) is 9.90. The number of aliphatic carboxylic acids is 1. The average molecular weight is 228 g/mol.